The molecule has 28 heavy (non-hydrogen) atoms. The lowest BCUT2D eigenvalue weighted by molar-refractivity contribution is -0.145. The molecular formula is C20H17N3O4S. The van der Waals surface area contributed by atoms with Gasteiger partial charge in [-0.1, -0.05) is 42.5 Å². The van der Waals surface area contributed by atoms with Gasteiger partial charge < -0.3 is 4.74 Å². The molecule has 0 radical (unpaired) electrons. The summed E-state index contributed by atoms with van der Waals surface area (Å²) >= 11 is 1.55. The third kappa shape index (κ3) is 3.05. The number of fused-ring (bicyclic) bond motifs is 3. The van der Waals surface area contributed by atoms with Crippen molar-refractivity contribution in [3.05, 3.63) is 76.5 Å². The van der Waals surface area contributed by atoms with E-state index < -0.39 is 23.5 Å². The Morgan fingerprint density at radius 3 is 2.61 bits per heavy atom. The fraction of sp³-hybridized carbons (Fsp3) is 0.200. The average molecular weight is 395 g/mol. The fourth-order valence-corrected chi connectivity index (χ4v) is 4.09. The molecule has 2 heterocycles. The summed E-state index contributed by atoms with van der Waals surface area (Å²) in [6.45, 7) is 1.74. The number of carbonyl (C=O) groups is 2. The fourth-order valence-electron chi connectivity index (χ4n) is 3.13. The number of benzene rings is 2. The van der Waals surface area contributed by atoms with Crippen LogP contribution in [0.15, 0.2) is 64.3 Å². The number of carbonyl (C=O) groups excluding carboxylic acids is 2. The van der Waals surface area contributed by atoms with Gasteiger partial charge in [0.1, 0.15) is 5.82 Å². The first kappa shape index (κ1) is 18.2. The molecule has 1 unspecified atom stereocenters. The minimum absolute atomic E-state index is 0.0956. The zero-order valence-corrected chi connectivity index (χ0v) is 15.9. The molecule has 4 rings (SSSR count). The van der Waals surface area contributed by atoms with Crippen LogP contribution >= 0.6 is 11.8 Å². The van der Waals surface area contributed by atoms with Crippen molar-refractivity contribution in [2.45, 2.75) is 23.6 Å². The summed E-state index contributed by atoms with van der Waals surface area (Å²) in [5.41, 5.74) is 0.470. The number of nitrogens with zero attached hydrogens (tertiary/aromatic N) is 3. The van der Waals surface area contributed by atoms with Crippen LogP contribution in [0.1, 0.15) is 29.1 Å². The summed E-state index contributed by atoms with van der Waals surface area (Å²) in [5, 5.41) is 4.32. The molecule has 142 valence electrons. The average Bonchev–Trinajstić information content (AvgIpc) is 3.06. The standard InChI is InChI=1S/C20H17N3O4S/c1-2-27-19(25)17(18(24)13-8-4-3-5-9-13)23-20(26)22-14-10-6-7-11-15(14)28-12-16(22)21-23/h3-11,17H,2,12H2,1H3. The number of ether oxygens (including phenoxy) is 1. The molecule has 0 saturated carbocycles. The van der Waals surface area contributed by atoms with Gasteiger partial charge in [-0.2, -0.15) is 9.78 Å². The van der Waals surface area contributed by atoms with Crippen molar-refractivity contribution < 1.29 is 14.3 Å². The first-order chi connectivity index (χ1) is 13.6. The number of aromatic nitrogens is 3. The van der Waals surface area contributed by atoms with Crippen LogP contribution in [0.5, 0.6) is 0 Å². The van der Waals surface area contributed by atoms with Gasteiger partial charge in [-0.3, -0.25) is 4.79 Å². The van der Waals surface area contributed by atoms with Crippen molar-refractivity contribution in [3.8, 4) is 5.69 Å². The van der Waals surface area contributed by atoms with E-state index in [1.165, 1.54) is 4.57 Å². The van der Waals surface area contributed by atoms with Crippen molar-refractivity contribution >= 4 is 23.5 Å². The highest BCUT2D eigenvalue weighted by molar-refractivity contribution is 7.98. The van der Waals surface area contributed by atoms with Crippen molar-refractivity contribution in [1.82, 2.24) is 14.3 Å². The van der Waals surface area contributed by atoms with Gasteiger partial charge in [-0.25, -0.2) is 14.2 Å². The maximum atomic E-state index is 13.2. The highest BCUT2D eigenvalue weighted by Crippen LogP contribution is 2.33. The minimum Gasteiger partial charge on any atom is -0.464 e. The Morgan fingerprint density at radius 2 is 1.86 bits per heavy atom. The zero-order valence-electron chi connectivity index (χ0n) is 15.1. The molecule has 2 aromatic carbocycles. The van der Waals surface area contributed by atoms with E-state index >= 15 is 0 Å². The molecule has 0 amide bonds. The topological polar surface area (TPSA) is 83.2 Å². The predicted octanol–water partition coefficient (Wildman–Crippen LogP) is 2.63. The smallest absolute Gasteiger partial charge is 0.351 e. The van der Waals surface area contributed by atoms with Gasteiger partial charge in [0.15, 0.2) is 5.78 Å². The summed E-state index contributed by atoms with van der Waals surface area (Å²) in [5.74, 6) is -0.370. The number of rotatable bonds is 5. The van der Waals surface area contributed by atoms with E-state index in [0.29, 0.717) is 22.8 Å². The molecule has 8 heteroatoms. The maximum absolute atomic E-state index is 13.2. The third-order valence-electron chi connectivity index (χ3n) is 4.39. The van der Waals surface area contributed by atoms with Gasteiger partial charge in [0, 0.05) is 10.5 Å². The normalized spacial score (nSPS) is 13.3. The Kier molecular flexibility index (Phi) is 4.87. The Bertz CT molecular complexity index is 1100. The lowest BCUT2D eigenvalue weighted by atomic mass is 10.0. The van der Waals surface area contributed by atoms with Crippen LogP contribution in [0.25, 0.3) is 5.69 Å². The minimum atomic E-state index is -1.47. The molecule has 0 fully saturated rings. The largest absolute Gasteiger partial charge is 0.464 e. The summed E-state index contributed by atoms with van der Waals surface area (Å²) in [6, 6.07) is 14.4. The van der Waals surface area contributed by atoms with Crippen molar-refractivity contribution in [3.63, 3.8) is 0 Å². The molecule has 7 nitrogen and oxygen atoms in total. The number of ketones is 1. The first-order valence-corrected chi connectivity index (χ1v) is 9.79. The number of Topliss-reactive ketones (excluding diaryl/α,β-unsaturated/α-hetero) is 1. The number of thioether (sulfide) groups is 1. The van der Waals surface area contributed by atoms with E-state index in [1.807, 2.05) is 24.3 Å². The van der Waals surface area contributed by atoms with Crippen LogP contribution in [-0.4, -0.2) is 32.7 Å². The van der Waals surface area contributed by atoms with Gasteiger partial charge in [0.05, 0.1) is 18.0 Å². The van der Waals surface area contributed by atoms with Crippen molar-refractivity contribution in [1.29, 1.82) is 0 Å². The molecule has 0 N–H and O–H groups in total. The second-order valence-electron chi connectivity index (χ2n) is 6.12. The maximum Gasteiger partial charge on any atom is 0.351 e. The first-order valence-electron chi connectivity index (χ1n) is 8.80. The molecule has 1 atom stereocenters. The van der Waals surface area contributed by atoms with E-state index in [2.05, 4.69) is 5.10 Å². The van der Waals surface area contributed by atoms with Crippen LogP contribution in [0, 0.1) is 0 Å². The van der Waals surface area contributed by atoms with Gasteiger partial charge >= 0.3 is 11.7 Å². The van der Waals surface area contributed by atoms with Gasteiger partial charge in [0.2, 0.25) is 6.04 Å². The summed E-state index contributed by atoms with van der Waals surface area (Å²) in [6.07, 6.45) is 0. The number of hydrogen-bond acceptors (Lipinski definition) is 6. The summed E-state index contributed by atoms with van der Waals surface area (Å²) in [7, 11) is 0. The van der Waals surface area contributed by atoms with Crippen molar-refractivity contribution in [2.75, 3.05) is 6.61 Å². The third-order valence-corrected chi connectivity index (χ3v) is 5.45. The second kappa shape index (κ2) is 7.47. The SMILES string of the molecule is CCOC(=O)C(C(=O)c1ccccc1)n1nc2n(c1=O)-c1ccccc1SC2. The van der Waals surface area contributed by atoms with Crippen molar-refractivity contribution in [2.24, 2.45) is 0 Å². The molecule has 0 bridgehead atoms. The summed E-state index contributed by atoms with van der Waals surface area (Å²) in [4.78, 5) is 39.8. The molecule has 0 spiro atoms. The number of esters is 1. The second-order valence-corrected chi connectivity index (χ2v) is 7.14. The van der Waals surface area contributed by atoms with E-state index in [-0.39, 0.29) is 6.61 Å². The molecule has 0 saturated heterocycles. The van der Waals surface area contributed by atoms with E-state index in [4.69, 9.17) is 4.74 Å². The van der Waals surface area contributed by atoms with Gasteiger partial charge in [0.25, 0.3) is 0 Å². The lowest BCUT2D eigenvalue weighted by Gasteiger charge is -2.15. The Hall–Kier alpha value is -3.13. The van der Waals surface area contributed by atoms with E-state index in [1.54, 1.807) is 49.0 Å². The zero-order chi connectivity index (χ0) is 19.7. The van der Waals surface area contributed by atoms with Crippen LogP contribution in [-0.2, 0) is 15.3 Å². The quantitative estimate of drug-likeness (QED) is 0.375. The van der Waals surface area contributed by atoms with Crippen LogP contribution in [0.3, 0.4) is 0 Å². The van der Waals surface area contributed by atoms with Crippen LogP contribution < -0.4 is 5.69 Å². The molecule has 0 aliphatic carbocycles. The van der Waals surface area contributed by atoms with Crippen LogP contribution in [0.4, 0.5) is 0 Å². The number of hydrogen-bond donors (Lipinski definition) is 0. The monoisotopic (exact) mass is 395 g/mol. The molecule has 3 aromatic rings. The molecule has 1 aliphatic rings. The van der Waals surface area contributed by atoms with Gasteiger partial charge in [-0.15, -0.1) is 11.8 Å². The van der Waals surface area contributed by atoms with Gasteiger partial charge in [-0.05, 0) is 19.1 Å². The highest BCUT2D eigenvalue weighted by Gasteiger charge is 2.36. The Morgan fingerprint density at radius 1 is 1.14 bits per heavy atom. The lowest BCUT2D eigenvalue weighted by Crippen LogP contribution is -2.37. The molecular weight excluding hydrogens is 378 g/mol. The van der Waals surface area contributed by atoms with Crippen LogP contribution in [0.2, 0.25) is 0 Å². The Balaban J connectivity index is 1.85. The van der Waals surface area contributed by atoms with E-state index in [9.17, 15) is 14.4 Å². The molecule has 1 aromatic heterocycles. The van der Waals surface area contributed by atoms with E-state index in [0.717, 1.165) is 9.58 Å². The Labute approximate surface area is 164 Å². The highest BCUT2D eigenvalue weighted by atomic mass is 32.2. The molecule has 1 aliphatic heterocycles. The predicted molar refractivity (Wildman–Crippen MR) is 104 cm³/mol. The summed E-state index contributed by atoms with van der Waals surface area (Å²) < 4.78 is 7.49. The number of para-hydroxylation sites is 1.